The summed E-state index contributed by atoms with van der Waals surface area (Å²) in [7, 11) is 0. The second-order valence-corrected chi connectivity index (χ2v) is 7.37. The predicted octanol–water partition coefficient (Wildman–Crippen LogP) is 4.02. The number of aromatic nitrogens is 4. The van der Waals surface area contributed by atoms with Crippen molar-refractivity contribution in [2.75, 3.05) is 5.73 Å². The average molecular weight is 335 g/mol. The van der Waals surface area contributed by atoms with Crippen LogP contribution in [0.2, 0.25) is 0 Å². The summed E-state index contributed by atoms with van der Waals surface area (Å²) in [5, 5.41) is 0.952. The minimum atomic E-state index is 0.432. The number of rotatable bonds is 6. The van der Waals surface area contributed by atoms with Crippen molar-refractivity contribution in [3.8, 4) is 0 Å². The van der Waals surface area contributed by atoms with E-state index in [0.29, 0.717) is 11.9 Å². The van der Waals surface area contributed by atoms with E-state index in [1.165, 1.54) is 31.4 Å². The van der Waals surface area contributed by atoms with Crippen molar-refractivity contribution in [2.24, 2.45) is 11.8 Å². The van der Waals surface area contributed by atoms with Gasteiger partial charge in [-0.2, -0.15) is 0 Å². The van der Waals surface area contributed by atoms with Gasteiger partial charge in [0.2, 0.25) is 0 Å². The second-order valence-electron chi connectivity index (χ2n) is 7.37. The molecule has 0 spiro atoms. The lowest BCUT2D eigenvalue weighted by molar-refractivity contribution is 0.171. The van der Waals surface area contributed by atoms with Gasteiger partial charge in [-0.1, -0.05) is 6.07 Å². The molecule has 5 nitrogen and oxygen atoms in total. The molecule has 1 fully saturated rings. The van der Waals surface area contributed by atoms with Crippen molar-refractivity contribution in [3.05, 3.63) is 48.7 Å². The van der Waals surface area contributed by atoms with Gasteiger partial charge in [0.05, 0.1) is 5.39 Å². The summed E-state index contributed by atoms with van der Waals surface area (Å²) in [4.78, 5) is 12.9. The molecular formula is C20H25N5. The Hall–Kier alpha value is -2.43. The molecule has 3 heterocycles. The molecule has 0 saturated heterocycles. The van der Waals surface area contributed by atoms with Gasteiger partial charge in [-0.05, 0) is 69.1 Å². The molecule has 0 aliphatic heterocycles. The molecule has 0 aromatic carbocycles. The van der Waals surface area contributed by atoms with Gasteiger partial charge in [0.15, 0.2) is 0 Å². The first-order valence-electron chi connectivity index (χ1n) is 9.17. The van der Waals surface area contributed by atoms with Crippen LogP contribution in [0.15, 0.2) is 43.0 Å². The van der Waals surface area contributed by atoms with Gasteiger partial charge < -0.3 is 10.3 Å². The largest absolute Gasteiger partial charge is 0.383 e. The van der Waals surface area contributed by atoms with E-state index in [1.807, 2.05) is 18.3 Å². The Labute approximate surface area is 148 Å². The van der Waals surface area contributed by atoms with Crippen LogP contribution in [0, 0.1) is 11.8 Å². The van der Waals surface area contributed by atoms with Crippen molar-refractivity contribution < 1.29 is 0 Å². The highest BCUT2D eigenvalue weighted by molar-refractivity contribution is 5.86. The van der Waals surface area contributed by atoms with E-state index in [-0.39, 0.29) is 0 Å². The lowest BCUT2D eigenvalue weighted by Crippen LogP contribution is -2.26. The molecule has 0 amide bonds. The summed E-state index contributed by atoms with van der Waals surface area (Å²) in [6, 6.07) is 8.66. The quantitative estimate of drug-likeness (QED) is 0.738. The van der Waals surface area contributed by atoms with Crippen LogP contribution in [0.1, 0.15) is 44.3 Å². The van der Waals surface area contributed by atoms with Gasteiger partial charge in [0, 0.05) is 24.1 Å². The number of pyridine rings is 1. The zero-order chi connectivity index (χ0) is 17.2. The van der Waals surface area contributed by atoms with Crippen LogP contribution in [-0.2, 0) is 6.42 Å². The molecule has 1 aliphatic carbocycles. The van der Waals surface area contributed by atoms with E-state index in [0.717, 1.165) is 29.3 Å². The number of anilines is 1. The van der Waals surface area contributed by atoms with Crippen molar-refractivity contribution in [3.63, 3.8) is 0 Å². The smallest absolute Gasteiger partial charge is 0.145 e. The Morgan fingerprint density at radius 2 is 2.04 bits per heavy atom. The maximum absolute atomic E-state index is 5.93. The highest BCUT2D eigenvalue weighted by Crippen LogP contribution is 2.40. The Balaban J connectivity index is 1.28. The monoisotopic (exact) mass is 335 g/mol. The van der Waals surface area contributed by atoms with Crippen molar-refractivity contribution in [2.45, 2.75) is 45.1 Å². The number of nitrogens with two attached hydrogens (primary N) is 1. The first-order valence-corrected chi connectivity index (χ1v) is 9.17. The average Bonchev–Trinajstić information content (AvgIpc) is 3.03. The molecule has 4 rings (SSSR count). The fraction of sp³-hybridized carbons (Fsp3) is 0.450. The Kier molecular flexibility index (Phi) is 4.38. The lowest BCUT2D eigenvalue weighted by Gasteiger charge is -2.36. The minimum Gasteiger partial charge on any atom is -0.383 e. The zero-order valence-electron chi connectivity index (χ0n) is 14.7. The maximum atomic E-state index is 5.93. The van der Waals surface area contributed by atoms with Gasteiger partial charge in [-0.3, -0.25) is 4.98 Å². The Bertz CT molecular complexity index is 836. The molecule has 1 saturated carbocycles. The summed E-state index contributed by atoms with van der Waals surface area (Å²) in [6.45, 7) is 2.27. The van der Waals surface area contributed by atoms with Crippen LogP contribution < -0.4 is 5.73 Å². The molecular weight excluding hydrogens is 310 g/mol. The molecule has 0 radical (unpaired) electrons. The normalized spacial score (nSPS) is 21.2. The SMILES string of the molecule is CC(CCC1CC(Cc2ccccn2)C1)n1ccc2c(N)ncnc21. The third-order valence-electron chi connectivity index (χ3n) is 5.56. The van der Waals surface area contributed by atoms with Crippen LogP contribution in [0.4, 0.5) is 5.82 Å². The number of hydrogen-bond acceptors (Lipinski definition) is 4. The van der Waals surface area contributed by atoms with Gasteiger partial charge in [-0.15, -0.1) is 0 Å². The summed E-state index contributed by atoms with van der Waals surface area (Å²) in [5.41, 5.74) is 8.11. The highest BCUT2D eigenvalue weighted by Gasteiger charge is 2.29. The molecule has 1 unspecified atom stereocenters. The van der Waals surface area contributed by atoms with Crippen LogP contribution >= 0.6 is 0 Å². The molecule has 3 aromatic rings. The highest BCUT2D eigenvalue weighted by atomic mass is 15.1. The Morgan fingerprint density at radius 1 is 1.16 bits per heavy atom. The topological polar surface area (TPSA) is 69.6 Å². The predicted molar refractivity (Wildman–Crippen MR) is 100 cm³/mol. The molecule has 1 atom stereocenters. The molecule has 25 heavy (non-hydrogen) atoms. The second kappa shape index (κ2) is 6.82. The zero-order valence-corrected chi connectivity index (χ0v) is 14.7. The van der Waals surface area contributed by atoms with Crippen LogP contribution in [0.25, 0.3) is 11.0 Å². The van der Waals surface area contributed by atoms with Crippen molar-refractivity contribution >= 4 is 16.9 Å². The molecule has 1 aliphatic rings. The van der Waals surface area contributed by atoms with E-state index in [1.54, 1.807) is 6.33 Å². The molecule has 130 valence electrons. The molecule has 5 heteroatoms. The van der Waals surface area contributed by atoms with E-state index in [9.17, 15) is 0 Å². The summed E-state index contributed by atoms with van der Waals surface area (Å²) >= 11 is 0. The lowest BCUT2D eigenvalue weighted by atomic mass is 9.70. The number of fused-ring (bicyclic) bond motifs is 1. The molecule has 2 N–H and O–H groups in total. The Morgan fingerprint density at radius 3 is 2.84 bits per heavy atom. The van der Waals surface area contributed by atoms with Crippen molar-refractivity contribution in [1.29, 1.82) is 0 Å². The maximum Gasteiger partial charge on any atom is 0.145 e. The number of nitrogen functional groups attached to an aromatic ring is 1. The van der Waals surface area contributed by atoms with E-state index < -0.39 is 0 Å². The standard InChI is InChI=1S/C20H25N5/c1-14(25-9-7-18-19(21)23-13-24-20(18)25)5-6-15-10-16(11-15)12-17-4-2-3-8-22-17/h2-4,7-9,13-16H,5-6,10-12H2,1H3,(H2,21,23,24). The number of hydrogen-bond donors (Lipinski definition) is 1. The summed E-state index contributed by atoms with van der Waals surface area (Å²) in [5.74, 6) is 2.24. The minimum absolute atomic E-state index is 0.432. The first-order chi connectivity index (χ1) is 12.2. The van der Waals surface area contributed by atoms with E-state index in [2.05, 4.69) is 44.8 Å². The third-order valence-corrected chi connectivity index (χ3v) is 5.56. The van der Waals surface area contributed by atoms with Gasteiger partial charge in [-0.25, -0.2) is 9.97 Å². The molecule has 0 bridgehead atoms. The summed E-state index contributed by atoms with van der Waals surface area (Å²) < 4.78 is 2.23. The third kappa shape index (κ3) is 3.36. The fourth-order valence-electron chi connectivity index (χ4n) is 4.05. The number of nitrogens with zero attached hydrogens (tertiary/aromatic N) is 4. The van der Waals surface area contributed by atoms with E-state index in [4.69, 9.17) is 5.73 Å². The molecule has 3 aromatic heterocycles. The van der Waals surface area contributed by atoms with Crippen LogP contribution in [0.5, 0.6) is 0 Å². The van der Waals surface area contributed by atoms with Crippen LogP contribution in [-0.4, -0.2) is 19.5 Å². The van der Waals surface area contributed by atoms with Gasteiger partial charge in [0.1, 0.15) is 17.8 Å². The fourth-order valence-corrected chi connectivity index (χ4v) is 4.05. The van der Waals surface area contributed by atoms with Gasteiger partial charge in [0.25, 0.3) is 0 Å². The van der Waals surface area contributed by atoms with Crippen LogP contribution in [0.3, 0.4) is 0 Å². The summed E-state index contributed by atoms with van der Waals surface area (Å²) in [6.07, 6.45) is 11.8. The van der Waals surface area contributed by atoms with Crippen molar-refractivity contribution in [1.82, 2.24) is 19.5 Å². The van der Waals surface area contributed by atoms with Gasteiger partial charge >= 0.3 is 0 Å². The van der Waals surface area contributed by atoms with E-state index >= 15 is 0 Å². The first kappa shape index (κ1) is 16.1.